The largest absolute Gasteiger partial charge is 0.504 e. The maximum absolute atomic E-state index is 5.94. The molecule has 0 aromatic carbocycles. The molecule has 1 saturated carbocycles. The summed E-state index contributed by atoms with van der Waals surface area (Å²) in [6.07, 6.45) is 7.73. The van der Waals surface area contributed by atoms with Crippen molar-refractivity contribution in [1.82, 2.24) is 24.1 Å². The van der Waals surface area contributed by atoms with Crippen LogP contribution in [-0.2, 0) is 16.2 Å². The highest BCUT2D eigenvalue weighted by atomic mass is 28.3. The third-order valence-electron chi connectivity index (χ3n) is 5.77. The molecule has 0 radical (unpaired) electrons. The Morgan fingerprint density at radius 2 is 2.07 bits per heavy atom. The third kappa shape index (κ3) is 4.09. The molecule has 3 heterocycles. The lowest BCUT2D eigenvalue weighted by Crippen LogP contribution is -2.22. The van der Waals surface area contributed by atoms with Gasteiger partial charge in [0.2, 0.25) is 0 Å². The van der Waals surface area contributed by atoms with E-state index in [2.05, 4.69) is 56.8 Å². The van der Waals surface area contributed by atoms with E-state index in [9.17, 15) is 0 Å². The van der Waals surface area contributed by atoms with Crippen LogP contribution >= 0.6 is 0 Å². The predicted octanol–water partition coefficient (Wildman–Crippen LogP) is 4.44. The molecule has 1 aliphatic rings. The molecule has 2 unspecified atom stereocenters. The minimum Gasteiger partial charge on any atom is -0.504 e. The number of allylic oxidation sites excluding steroid dienone is 1. The summed E-state index contributed by atoms with van der Waals surface area (Å²) in [5.74, 6) is 1.84. The van der Waals surface area contributed by atoms with Crippen LogP contribution in [0.3, 0.4) is 0 Å². The molecule has 3 aromatic rings. The molecule has 156 valence electrons. The maximum atomic E-state index is 5.94. The number of methoxy groups -OCH3 is 1. The summed E-state index contributed by atoms with van der Waals surface area (Å²) >= 11 is 0. The van der Waals surface area contributed by atoms with Crippen LogP contribution in [0.5, 0.6) is 0 Å². The molecule has 0 saturated heterocycles. The van der Waals surface area contributed by atoms with Crippen molar-refractivity contribution in [1.29, 1.82) is 0 Å². The number of rotatable bonds is 7. The lowest BCUT2D eigenvalue weighted by atomic mass is 9.97. The summed E-state index contributed by atoms with van der Waals surface area (Å²) in [5.41, 5.74) is 4.07. The van der Waals surface area contributed by atoms with Crippen LogP contribution in [0, 0.1) is 5.92 Å². The number of nitrogens with zero attached hydrogens (tertiary/aromatic N) is 5. The Kier molecular flexibility index (Phi) is 5.48. The van der Waals surface area contributed by atoms with Gasteiger partial charge in [0, 0.05) is 26.8 Å². The van der Waals surface area contributed by atoms with E-state index in [0.717, 1.165) is 48.1 Å². The van der Waals surface area contributed by atoms with Gasteiger partial charge in [0.05, 0.1) is 25.1 Å². The van der Waals surface area contributed by atoms with Crippen LogP contribution < -0.4 is 0 Å². The predicted molar refractivity (Wildman–Crippen MR) is 117 cm³/mol. The van der Waals surface area contributed by atoms with Crippen molar-refractivity contribution in [3.05, 3.63) is 36.1 Å². The van der Waals surface area contributed by atoms with Crippen LogP contribution in [0.4, 0.5) is 0 Å². The van der Waals surface area contributed by atoms with Gasteiger partial charge in [-0.05, 0) is 36.4 Å². The maximum Gasteiger partial charge on any atom is 0.179 e. The average Bonchev–Trinajstić information content (AvgIpc) is 3.34. The Morgan fingerprint density at radius 1 is 1.24 bits per heavy atom. The van der Waals surface area contributed by atoms with Gasteiger partial charge >= 0.3 is 0 Å². The van der Waals surface area contributed by atoms with Gasteiger partial charge < -0.3 is 14.0 Å². The number of aromatic nitrogens is 5. The summed E-state index contributed by atoms with van der Waals surface area (Å²) < 4.78 is 15.4. The van der Waals surface area contributed by atoms with Gasteiger partial charge in [0.25, 0.3) is 0 Å². The first-order valence-electron chi connectivity index (χ1n) is 10.3. The van der Waals surface area contributed by atoms with Crippen molar-refractivity contribution in [2.45, 2.75) is 58.1 Å². The topological polar surface area (TPSA) is 66.5 Å². The molecule has 4 rings (SSSR count). The zero-order valence-corrected chi connectivity index (χ0v) is 19.1. The van der Waals surface area contributed by atoms with Gasteiger partial charge in [-0.2, -0.15) is 0 Å². The van der Waals surface area contributed by atoms with Crippen LogP contribution in [-0.4, -0.2) is 45.9 Å². The highest BCUT2D eigenvalue weighted by Gasteiger charge is 2.32. The molecule has 2 atom stereocenters. The molecule has 0 N–H and O–H groups in total. The SMILES string of the molecule is CO/C=C1/CC(C)C(c2nnc3cnc4c(ccn4COCC[Si](C)(C)C)n23)C1. The van der Waals surface area contributed by atoms with Crippen LogP contribution in [0.15, 0.2) is 30.3 Å². The van der Waals surface area contributed by atoms with Crippen molar-refractivity contribution in [3.8, 4) is 0 Å². The molecule has 3 aromatic heterocycles. The van der Waals surface area contributed by atoms with E-state index >= 15 is 0 Å². The lowest BCUT2D eigenvalue weighted by Gasteiger charge is -2.15. The zero-order valence-electron chi connectivity index (χ0n) is 18.1. The Labute approximate surface area is 172 Å². The second-order valence-corrected chi connectivity index (χ2v) is 15.0. The zero-order chi connectivity index (χ0) is 20.6. The smallest absolute Gasteiger partial charge is 0.179 e. The molecular formula is C21H31N5O2Si. The molecule has 0 aliphatic heterocycles. The monoisotopic (exact) mass is 413 g/mol. The number of fused-ring (bicyclic) bond motifs is 3. The lowest BCUT2D eigenvalue weighted by molar-refractivity contribution is 0.0899. The van der Waals surface area contributed by atoms with Gasteiger partial charge in [-0.1, -0.05) is 26.6 Å². The quantitative estimate of drug-likeness (QED) is 0.325. The Morgan fingerprint density at radius 3 is 2.83 bits per heavy atom. The molecule has 29 heavy (non-hydrogen) atoms. The fourth-order valence-electron chi connectivity index (χ4n) is 4.14. The van der Waals surface area contributed by atoms with E-state index in [1.807, 2.05) is 18.7 Å². The van der Waals surface area contributed by atoms with E-state index in [1.165, 1.54) is 5.57 Å². The summed E-state index contributed by atoms with van der Waals surface area (Å²) in [6, 6.07) is 3.26. The van der Waals surface area contributed by atoms with Crippen LogP contribution in [0.1, 0.15) is 31.5 Å². The third-order valence-corrected chi connectivity index (χ3v) is 7.47. The minimum absolute atomic E-state index is 0.327. The standard InChI is InChI=1S/C21H31N5O2Si/c1-15-10-16(13-27-2)11-17(15)20-24-23-19-12-22-21-18(26(19)20)6-7-25(21)14-28-8-9-29(3,4)5/h6-7,12-13,15,17H,8-11,14H2,1-5H3/b16-13-. The van der Waals surface area contributed by atoms with E-state index in [4.69, 9.17) is 9.47 Å². The number of hydrogen-bond donors (Lipinski definition) is 0. The van der Waals surface area contributed by atoms with Gasteiger partial charge in [-0.25, -0.2) is 4.98 Å². The van der Waals surface area contributed by atoms with Crippen molar-refractivity contribution in [2.24, 2.45) is 5.92 Å². The van der Waals surface area contributed by atoms with Gasteiger partial charge in [-0.15, -0.1) is 10.2 Å². The normalized spacial score (nSPS) is 21.6. The summed E-state index contributed by atoms with van der Waals surface area (Å²) in [6.45, 7) is 10.7. The van der Waals surface area contributed by atoms with E-state index in [-0.39, 0.29) is 0 Å². The first-order valence-corrected chi connectivity index (χ1v) is 14.1. The highest BCUT2D eigenvalue weighted by Crippen LogP contribution is 2.42. The van der Waals surface area contributed by atoms with Crippen molar-refractivity contribution in [3.63, 3.8) is 0 Å². The molecule has 8 heteroatoms. The van der Waals surface area contributed by atoms with Gasteiger partial charge in [-0.3, -0.25) is 4.40 Å². The van der Waals surface area contributed by atoms with E-state index in [0.29, 0.717) is 18.6 Å². The first kappa shape index (κ1) is 20.1. The molecule has 1 aliphatic carbocycles. The van der Waals surface area contributed by atoms with Gasteiger partial charge in [0.1, 0.15) is 12.6 Å². The minimum atomic E-state index is -1.09. The second-order valence-electron chi connectivity index (χ2n) is 9.36. The molecule has 1 fully saturated rings. The Balaban J connectivity index is 1.62. The Hall–Kier alpha value is -2.19. The molecule has 0 bridgehead atoms. The van der Waals surface area contributed by atoms with E-state index < -0.39 is 8.07 Å². The highest BCUT2D eigenvalue weighted by molar-refractivity contribution is 6.76. The summed E-state index contributed by atoms with van der Waals surface area (Å²) in [7, 11) is 0.624. The molecule has 0 spiro atoms. The van der Waals surface area contributed by atoms with Crippen molar-refractivity contribution >= 4 is 24.9 Å². The summed E-state index contributed by atoms with van der Waals surface area (Å²) in [4.78, 5) is 4.64. The molecule has 7 nitrogen and oxygen atoms in total. The second kappa shape index (κ2) is 7.91. The Bertz CT molecular complexity index is 1030. The number of ether oxygens (including phenoxy) is 2. The van der Waals surface area contributed by atoms with Crippen LogP contribution in [0.25, 0.3) is 16.8 Å². The van der Waals surface area contributed by atoms with Crippen molar-refractivity contribution < 1.29 is 9.47 Å². The summed E-state index contributed by atoms with van der Waals surface area (Å²) in [5, 5.41) is 8.95. The fraction of sp³-hybridized carbons (Fsp3) is 0.571. The van der Waals surface area contributed by atoms with Crippen molar-refractivity contribution in [2.75, 3.05) is 13.7 Å². The molecule has 0 amide bonds. The van der Waals surface area contributed by atoms with Gasteiger partial charge in [0.15, 0.2) is 11.3 Å². The first-order chi connectivity index (χ1) is 13.9. The van der Waals surface area contributed by atoms with E-state index in [1.54, 1.807) is 7.11 Å². The van der Waals surface area contributed by atoms with Crippen LogP contribution in [0.2, 0.25) is 25.7 Å². The fourth-order valence-corrected chi connectivity index (χ4v) is 4.90. The number of hydrogen-bond acceptors (Lipinski definition) is 5. The average molecular weight is 414 g/mol. The molecular weight excluding hydrogens is 382 g/mol.